The van der Waals surface area contributed by atoms with Gasteiger partial charge in [0.2, 0.25) is 6.79 Å². The first-order valence-electron chi connectivity index (χ1n) is 13.5. The van der Waals surface area contributed by atoms with E-state index in [1.54, 1.807) is 0 Å². The lowest BCUT2D eigenvalue weighted by Crippen LogP contribution is -2.32. The van der Waals surface area contributed by atoms with Crippen molar-refractivity contribution in [1.82, 2.24) is 30.1 Å². The predicted octanol–water partition coefficient (Wildman–Crippen LogP) is 5.06. The average Bonchev–Trinajstić information content (AvgIpc) is 3.61. The molecule has 40 heavy (non-hydrogen) atoms. The lowest BCUT2D eigenvalue weighted by atomic mass is 10.0. The van der Waals surface area contributed by atoms with E-state index in [9.17, 15) is 4.79 Å². The minimum atomic E-state index is -0.140. The van der Waals surface area contributed by atoms with E-state index in [2.05, 4.69) is 64.4 Å². The average molecular weight is 537 g/mol. The molecule has 0 unspecified atom stereocenters. The van der Waals surface area contributed by atoms with Gasteiger partial charge in [0, 0.05) is 24.2 Å². The van der Waals surface area contributed by atoms with Gasteiger partial charge in [0.1, 0.15) is 0 Å². The highest BCUT2D eigenvalue weighted by atomic mass is 16.7. The summed E-state index contributed by atoms with van der Waals surface area (Å²) in [4.78, 5) is 18.7. The van der Waals surface area contributed by atoms with Crippen molar-refractivity contribution in [3.05, 3.63) is 111 Å². The second kappa shape index (κ2) is 10.9. The summed E-state index contributed by atoms with van der Waals surface area (Å²) in [5.74, 6) is 2.23. The largest absolute Gasteiger partial charge is 0.454 e. The molecule has 9 heteroatoms. The molecule has 204 valence electrons. The molecule has 0 fully saturated rings. The number of nitrogens with zero attached hydrogens (tertiary/aromatic N) is 5. The maximum absolute atomic E-state index is 13.3. The van der Waals surface area contributed by atoms with Gasteiger partial charge in [0.15, 0.2) is 17.3 Å². The van der Waals surface area contributed by atoms with Crippen LogP contribution < -0.4 is 15.0 Å². The summed E-state index contributed by atoms with van der Waals surface area (Å²) in [5, 5.41) is 13.8. The van der Waals surface area contributed by atoms with Crippen LogP contribution in [0.25, 0.3) is 10.9 Å². The monoisotopic (exact) mass is 536 g/mol. The highest BCUT2D eigenvalue weighted by Crippen LogP contribution is 2.34. The van der Waals surface area contributed by atoms with Gasteiger partial charge in [-0.3, -0.25) is 9.69 Å². The molecule has 0 saturated carbocycles. The minimum absolute atomic E-state index is 0.0924. The Hall–Kier alpha value is -4.50. The fourth-order valence-corrected chi connectivity index (χ4v) is 5.33. The van der Waals surface area contributed by atoms with Gasteiger partial charge in [0.25, 0.3) is 5.56 Å². The molecule has 1 aliphatic heterocycles. The normalized spacial score (nSPS) is 13.3. The maximum Gasteiger partial charge on any atom is 0.252 e. The van der Waals surface area contributed by atoms with E-state index in [-0.39, 0.29) is 18.4 Å². The number of hydrogen-bond donors (Lipinski definition) is 1. The SMILES string of the molecule is CC[C@@H](c1nnnn1Cc1ccccc1)N(Cc1ccc2c(c1)OCO2)Cc1cc2cc(C)c(C)cc2[nH]c1=O. The van der Waals surface area contributed by atoms with Crippen molar-refractivity contribution in [2.45, 2.75) is 52.9 Å². The van der Waals surface area contributed by atoms with E-state index in [1.807, 2.05) is 53.2 Å². The molecule has 2 aromatic heterocycles. The van der Waals surface area contributed by atoms with E-state index >= 15 is 0 Å². The van der Waals surface area contributed by atoms with Crippen LogP contribution in [0.4, 0.5) is 0 Å². The van der Waals surface area contributed by atoms with E-state index in [1.165, 1.54) is 5.56 Å². The molecule has 6 rings (SSSR count). The van der Waals surface area contributed by atoms with Gasteiger partial charge in [-0.05, 0) is 88.7 Å². The van der Waals surface area contributed by atoms with E-state index in [4.69, 9.17) is 9.47 Å². The number of benzene rings is 3. The van der Waals surface area contributed by atoms with Gasteiger partial charge >= 0.3 is 0 Å². The lowest BCUT2D eigenvalue weighted by molar-refractivity contribution is 0.161. The second-order valence-corrected chi connectivity index (χ2v) is 10.3. The van der Waals surface area contributed by atoms with Crippen molar-refractivity contribution in [1.29, 1.82) is 0 Å². The number of hydrogen-bond acceptors (Lipinski definition) is 7. The molecule has 0 amide bonds. The third-order valence-corrected chi connectivity index (χ3v) is 7.59. The van der Waals surface area contributed by atoms with Crippen LogP contribution in [-0.2, 0) is 19.6 Å². The number of aryl methyl sites for hydroxylation is 2. The summed E-state index contributed by atoms with van der Waals surface area (Å²) in [5.41, 5.74) is 5.95. The zero-order valence-electron chi connectivity index (χ0n) is 22.9. The highest BCUT2D eigenvalue weighted by molar-refractivity contribution is 5.80. The summed E-state index contributed by atoms with van der Waals surface area (Å²) in [7, 11) is 0. The predicted molar refractivity (Wildman–Crippen MR) is 152 cm³/mol. The Labute approximate surface area is 232 Å². The van der Waals surface area contributed by atoms with Crippen molar-refractivity contribution < 1.29 is 9.47 Å². The Kier molecular flexibility index (Phi) is 7.04. The zero-order chi connectivity index (χ0) is 27.6. The topological polar surface area (TPSA) is 98.2 Å². The molecular formula is C31H32N6O3. The number of rotatable bonds is 9. The van der Waals surface area contributed by atoms with Crippen molar-refractivity contribution in [2.24, 2.45) is 0 Å². The van der Waals surface area contributed by atoms with Crippen LogP contribution in [0.3, 0.4) is 0 Å². The van der Waals surface area contributed by atoms with Crippen molar-refractivity contribution in [2.75, 3.05) is 6.79 Å². The Morgan fingerprint density at radius 3 is 2.58 bits per heavy atom. The number of pyridine rings is 1. The molecule has 5 aromatic rings. The fourth-order valence-electron chi connectivity index (χ4n) is 5.33. The summed E-state index contributed by atoms with van der Waals surface area (Å²) in [6.07, 6.45) is 0.753. The highest BCUT2D eigenvalue weighted by Gasteiger charge is 2.27. The van der Waals surface area contributed by atoms with Crippen LogP contribution >= 0.6 is 0 Å². The van der Waals surface area contributed by atoms with E-state index in [0.29, 0.717) is 25.2 Å². The number of tetrazole rings is 1. The summed E-state index contributed by atoms with van der Waals surface area (Å²) in [6.45, 7) is 8.04. The molecule has 1 atom stereocenters. The van der Waals surface area contributed by atoms with Gasteiger partial charge in [-0.15, -0.1) is 5.10 Å². The van der Waals surface area contributed by atoms with Crippen LogP contribution in [-0.4, -0.2) is 36.9 Å². The first-order valence-corrected chi connectivity index (χ1v) is 13.5. The quantitative estimate of drug-likeness (QED) is 0.281. The van der Waals surface area contributed by atoms with Gasteiger partial charge in [-0.25, -0.2) is 4.68 Å². The van der Waals surface area contributed by atoms with Crippen molar-refractivity contribution >= 4 is 10.9 Å². The fraction of sp³-hybridized carbons (Fsp3) is 0.290. The molecule has 0 saturated heterocycles. The molecule has 3 heterocycles. The molecule has 3 aromatic carbocycles. The first kappa shape index (κ1) is 25.8. The molecule has 0 radical (unpaired) electrons. The lowest BCUT2D eigenvalue weighted by Gasteiger charge is -2.30. The number of aromatic amines is 1. The van der Waals surface area contributed by atoms with Gasteiger partial charge in [-0.2, -0.15) is 0 Å². The molecule has 1 N–H and O–H groups in total. The van der Waals surface area contributed by atoms with Gasteiger partial charge in [-0.1, -0.05) is 43.3 Å². The number of fused-ring (bicyclic) bond motifs is 2. The van der Waals surface area contributed by atoms with Crippen LogP contribution in [0.5, 0.6) is 11.5 Å². The van der Waals surface area contributed by atoms with Crippen LogP contribution in [0.15, 0.2) is 71.5 Å². The molecule has 1 aliphatic rings. The number of aromatic nitrogens is 5. The molecule has 0 bridgehead atoms. The Balaban J connectivity index is 1.38. The third kappa shape index (κ3) is 5.20. The third-order valence-electron chi connectivity index (χ3n) is 7.59. The number of H-pyrrole nitrogens is 1. The molecule has 0 spiro atoms. The second-order valence-electron chi connectivity index (χ2n) is 10.3. The number of nitrogens with one attached hydrogen (secondary N) is 1. The number of ether oxygens (including phenoxy) is 2. The smallest absolute Gasteiger partial charge is 0.252 e. The summed E-state index contributed by atoms with van der Waals surface area (Å²) < 4.78 is 13.0. The Bertz CT molecular complexity index is 1710. The van der Waals surface area contributed by atoms with Crippen LogP contribution in [0.2, 0.25) is 0 Å². The zero-order valence-corrected chi connectivity index (χ0v) is 22.9. The van der Waals surface area contributed by atoms with Gasteiger partial charge in [0.05, 0.1) is 12.6 Å². The molecule has 0 aliphatic carbocycles. The first-order chi connectivity index (χ1) is 19.5. The van der Waals surface area contributed by atoms with Crippen molar-refractivity contribution in [3.8, 4) is 11.5 Å². The Morgan fingerprint density at radius 2 is 1.75 bits per heavy atom. The van der Waals surface area contributed by atoms with Crippen LogP contribution in [0.1, 0.15) is 53.0 Å². The molecular weight excluding hydrogens is 504 g/mol. The van der Waals surface area contributed by atoms with Gasteiger partial charge < -0.3 is 14.5 Å². The van der Waals surface area contributed by atoms with E-state index in [0.717, 1.165) is 51.3 Å². The van der Waals surface area contributed by atoms with Crippen molar-refractivity contribution in [3.63, 3.8) is 0 Å². The van der Waals surface area contributed by atoms with E-state index < -0.39 is 0 Å². The minimum Gasteiger partial charge on any atom is -0.454 e. The Morgan fingerprint density at radius 1 is 0.950 bits per heavy atom. The summed E-state index contributed by atoms with van der Waals surface area (Å²) >= 11 is 0. The maximum atomic E-state index is 13.3. The molecule has 9 nitrogen and oxygen atoms in total. The standard InChI is InChI=1S/C31H32N6O3/c1-4-27(30-33-34-35-37(30)17-22-8-6-5-7-9-22)36(16-23-10-11-28-29(14-23)40-19-39-28)18-25-15-24-12-20(2)21(3)13-26(24)32-31(25)38/h5-15,27H,4,16-19H2,1-3H3,(H,32,38)/t27-/m0/s1. The van der Waals surface area contributed by atoms with Crippen LogP contribution in [0, 0.1) is 13.8 Å². The summed E-state index contributed by atoms with van der Waals surface area (Å²) in [6, 6.07) is 22.2.